The van der Waals surface area contributed by atoms with E-state index in [0.29, 0.717) is 0 Å². The lowest BCUT2D eigenvalue weighted by Gasteiger charge is -2.23. The van der Waals surface area contributed by atoms with Crippen molar-refractivity contribution >= 4 is 22.9 Å². The largest absolute Gasteiger partial charge is 0.463 e. The summed E-state index contributed by atoms with van der Waals surface area (Å²) >= 11 is 0. The highest BCUT2D eigenvalue weighted by Crippen LogP contribution is 2.39. The first-order valence-electron chi connectivity index (χ1n) is 10.5. The third-order valence-electron chi connectivity index (χ3n) is 4.14. The van der Waals surface area contributed by atoms with Crippen LogP contribution in [-0.4, -0.2) is 42.7 Å². The molecule has 0 aliphatic heterocycles. The van der Waals surface area contributed by atoms with Gasteiger partial charge >= 0.3 is 11.9 Å². The van der Waals surface area contributed by atoms with E-state index < -0.39 is 34.5 Å². The molecule has 1 unspecified atom stereocenters. The Hall–Kier alpha value is -3.35. The van der Waals surface area contributed by atoms with Gasteiger partial charge in [0, 0.05) is 13.2 Å². The number of hydrogen-bond acceptors (Lipinski definition) is 9. The van der Waals surface area contributed by atoms with Crippen LogP contribution in [0.5, 0.6) is 11.5 Å². The summed E-state index contributed by atoms with van der Waals surface area (Å²) in [5, 5.41) is 9.26. The Balaban J connectivity index is 2.97. The number of ether oxygens (including phenoxy) is 4. The summed E-state index contributed by atoms with van der Waals surface area (Å²) in [4.78, 5) is 39.4. The van der Waals surface area contributed by atoms with Gasteiger partial charge in [0.25, 0.3) is 0 Å². The molecule has 9 heteroatoms. The topological polar surface area (TPSA) is 122 Å². The number of benzene rings is 1. The average molecular weight is 475 g/mol. The Morgan fingerprint density at radius 2 is 1.82 bits per heavy atom. The van der Waals surface area contributed by atoms with E-state index in [1.165, 1.54) is 20.1 Å². The molecule has 1 aromatic carbocycles. The maximum absolute atomic E-state index is 13.3. The summed E-state index contributed by atoms with van der Waals surface area (Å²) in [5.41, 5.74) is -2.99. The Kier molecular flexibility index (Phi) is 8.14. The zero-order valence-electron chi connectivity index (χ0n) is 20.7. The predicted molar refractivity (Wildman–Crippen MR) is 124 cm³/mol. The molecule has 0 bridgehead atoms. The summed E-state index contributed by atoms with van der Waals surface area (Å²) < 4.78 is 27.2. The number of esters is 2. The van der Waals surface area contributed by atoms with E-state index >= 15 is 0 Å². The smallest absolute Gasteiger partial charge is 0.343 e. The number of methoxy groups -OCH3 is 1. The van der Waals surface area contributed by atoms with E-state index in [2.05, 4.69) is 11.8 Å². The van der Waals surface area contributed by atoms with Crippen LogP contribution >= 0.6 is 0 Å². The van der Waals surface area contributed by atoms with Crippen molar-refractivity contribution in [2.45, 2.75) is 60.2 Å². The van der Waals surface area contributed by atoms with Crippen LogP contribution in [0.4, 0.5) is 0 Å². The molecule has 9 nitrogen and oxygen atoms in total. The van der Waals surface area contributed by atoms with Crippen LogP contribution in [-0.2, 0) is 14.3 Å². The fourth-order valence-corrected chi connectivity index (χ4v) is 2.61. The van der Waals surface area contributed by atoms with Crippen molar-refractivity contribution in [3.8, 4) is 23.3 Å². The standard InChI is InChI=1S/C25H30O9/c1-14(26)9-10-15-12-31-16-11-17(32-13-30-8)21(33-23(29)24(2,3)4)19(18(16)20(15)27)22(28)34-25(5,6)7/h11-12,14,26H,13H2,1-8H3. The second-order valence-electron chi connectivity index (χ2n) is 9.57. The monoisotopic (exact) mass is 474 g/mol. The van der Waals surface area contributed by atoms with Gasteiger partial charge in [-0.1, -0.05) is 11.8 Å². The average Bonchev–Trinajstić information content (AvgIpc) is 2.69. The minimum absolute atomic E-state index is 0.0184. The molecule has 1 N–H and O–H groups in total. The quantitative estimate of drug-likeness (QED) is 0.301. The van der Waals surface area contributed by atoms with Gasteiger partial charge in [-0.3, -0.25) is 9.59 Å². The summed E-state index contributed by atoms with van der Waals surface area (Å²) in [6.45, 7) is 11.1. The van der Waals surface area contributed by atoms with Crippen LogP contribution in [0, 0.1) is 17.3 Å². The van der Waals surface area contributed by atoms with Gasteiger partial charge in [0.1, 0.15) is 34.7 Å². The van der Waals surface area contributed by atoms with E-state index in [0.717, 1.165) is 6.26 Å². The van der Waals surface area contributed by atoms with Gasteiger partial charge in [0.2, 0.25) is 5.43 Å². The summed E-state index contributed by atoms with van der Waals surface area (Å²) in [5.74, 6) is 3.04. The number of aliphatic hydroxyl groups excluding tert-OH is 1. The first-order valence-corrected chi connectivity index (χ1v) is 10.5. The normalized spacial score (nSPS) is 12.5. The SMILES string of the molecule is COCOc1cc2occ(C#CC(C)O)c(=O)c2c(C(=O)OC(C)(C)C)c1OC(=O)C(C)(C)C. The lowest BCUT2D eigenvalue weighted by atomic mass is 9.97. The zero-order valence-corrected chi connectivity index (χ0v) is 20.7. The van der Waals surface area contributed by atoms with Crippen LogP contribution in [0.3, 0.4) is 0 Å². The van der Waals surface area contributed by atoms with E-state index in [1.807, 2.05) is 0 Å². The van der Waals surface area contributed by atoms with Gasteiger partial charge in [0.15, 0.2) is 18.3 Å². The van der Waals surface area contributed by atoms with Crippen molar-refractivity contribution in [2.24, 2.45) is 5.41 Å². The molecular weight excluding hydrogens is 444 g/mol. The lowest BCUT2D eigenvalue weighted by molar-refractivity contribution is -0.143. The van der Waals surface area contributed by atoms with Gasteiger partial charge in [0.05, 0.1) is 10.8 Å². The molecule has 0 saturated carbocycles. The van der Waals surface area contributed by atoms with Crippen LogP contribution < -0.4 is 14.9 Å². The van der Waals surface area contributed by atoms with Crippen molar-refractivity contribution in [3.05, 3.63) is 33.7 Å². The Bertz CT molecular complexity index is 1200. The summed E-state index contributed by atoms with van der Waals surface area (Å²) in [6.07, 6.45) is 0.119. The maximum Gasteiger partial charge on any atom is 0.343 e. The minimum Gasteiger partial charge on any atom is -0.463 e. The van der Waals surface area contributed by atoms with E-state index in [1.54, 1.807) is 41.5 Å². The number of rotatable bonds is 5. The molecule has 0 spiro atoms. The second-order valence-corrected chi connectivity index (χ2v) is 9.57. The zero-order chi connectivity index (χ0) is 25.8. The van der Waals surface area contributed by atoms with Gasteiger partial charge < -0.3 is 28.5 Å². The molecule has 0 radical (unpaired) electrons. The fourth-order valence-electron chi connectivity index (χ4n) is 2.61. The van der Waals surface area contributed by atoms with E-state index in [4.69, 9.17) is 23.4 Å². The molecule has 2 aromatic rings. The van der Waals surface area contributed by atoms with Crippen LogP contribution in [0.2, 0.25) is 0 Å². The number of fused-ring (bicyclic) bond motifs is 1. The molecule has 1 aromatic heterocycles. The third-order valence-corrected chi connectivity index (χ3v) is 4.14. The van der Waals surface area contributed by atoms with Crippen LogP contribution in [0.15, 0.2) is 21.5 Å². The predicted octanol–water partition coefficient (Wildman–Crippen LogP) is 3.41. The van der Waals surface area contributed by atoms with Gasteiger partial charge in [-0.25, -0.2) is 4.79 Å². The molecule has 0 aliphatic rings. The van der Waals surface area contributed by atoms with Crippen LogP contribution in [0.25, 0.3) is 11.0 Å². The number of carbonyl (C=O) groups excluding carboxylic acids is 2. The number of hydrogen-bond donors (Lipinski definition) is 1. The van der Waals surface area contributed by atoms with Gasteiger partial charge in [-0.05, 0) is 48.5 Å². The molecule has 0 amide bonds. The maximum atomic E-state index is 13.3. The first-order chi connectivity index (χ1) is 15.7. The lowest BCUT2D eigenvalue weighted by Crippen LogP contribution is -2.29. The molecule has 0 saturated heterocycles. The molecule has 0 aliphatic carbocycles. The van der Waals surface area contributed by atoms with Crippen LogP contribution in [0.1, 0.15) is 64.4 Å². The summed E-state index contributed by atoms with van der Waals surface area (Å²) in [7, 11) is 1.39. The Morgan fingerprint density at radius 3 is 2.35 bits per heavy atom. The number of aliphatic hydroxyl groups is 1. The van der Waals surface area contributed by atoms with E-state index in [-0.39, 0.29) is 40.4 Å². The van der Waals surface area contributed by atoms with Crippen molar-refractivity contribution in [1.82, 2.24) is 0 Å². The second kappa shape index (κ2) is 10.3. The molecule has 184 valence electrons. The molecular formula is C25H30O9. The van der Waals surface area contributed by atoms with Gasteiger partial charge in [-0.15, -0.1) is 0 Å². The van der Waals surface area contributed by atoms with Crippen molar-refractivity contribution in [3.63, 3.8) is 0 Å². The Labute approximate surface area is 197 Å². The van der Waals surface area contributed by atoms with Crippen molar-refractivity contribution < 1.29 is 38.1 Å². The molecule has 0 fully saturated rings. The summed E-state index contributed by atoms with van der Waals surface area (Å²) in [6, 6.07) is 1.32. The third kappa shape index (κ3) is 6.59. The number of carbonyl (C=O) groups is 2. The van der Waals surface area contributed by atoms with E-state index in [9.17, 15) is 19.5 Å². The first kappa shape index (κ1) is 26.9. The molecule has 2 rings (SSSR count). The highest BCUT2D eigenvalue weighted by Gasteiger charge is 2.33. The van der Waals surface area contributed by atoms with Gasteiger partial charge in [-0.2, -0.15) is 0 Å². The molecule has 1 heterocycles. The fraction of sp³-hybridized carbons (Fsp3) is 0.480. The molecule has 1 atom stereocenters. The minimum atomic E-state index is -0.992. The Morgan fingerprint density at radius 1 is 1.18 bits per heavy atom. The van der Waals surface area contributed by atoms with Crippen molar-refractivity contribution in [1.29, 1.82) is 0 Å². The highest BCUT2D eigenvalue weighted by atomic mass is 16.7. The van der Waals surface area contributed by atoms with Crippen molar-refractivity contribution in [2.75, 3.05) is 13.9 Å². The molecule has 34 heavy (non-hydrogen) atoms. The highest BCUT2D eigenvalue weighted by molar-refractivity contribution is 6.08.